The van der Waals surface area contributed by atoms with Crippen molar-refractivity contribution in [2.45, 2.75) is 19.9 Å². The van der Waals surface area contributed by atoms with E-state index >= 15 is 0 Å². The minimum atomic E-state index is 0.350. The molecule has 4 aromatic heterocycles. The van der Waals surface area contributed by atoms with E-state index in [2.05, 4.69) is 60.3 Å². The molecule has 0 aliphatic carbocycles. The van der Waals surface area contributed by atoms with Crippen LogP contribution >= 0.6 is 11.5 Å². The summed E-state index contributed by atoms with van der Waals surface area (Å²) in [6.07, 6.45) is 5.54. The van der Waals surface area contributed by atoms with E-state index in [9.17, 15) is 0 Å². The lowest BCUT2D eigenvalue weighted by Gasteiger charge is -2.08. The second-order valence-corrected chi connectivity index (χ2v) is 6.86. The second-order valence-electron chi connectivity index (χ2n) is 6.11. The van der Waals surface area contributed by atoms with Crippen LogP contribution in [0.3, 0.4) is 0 Å². The molecule has 9 heteroatoms. The predicted octanol–water partition coefficient (Wildman–Crippen LogP) is 3.22. The minimum absolute atomic E-state index is 0.350. The van der Waals surface area contributed by atoms with E-state index in [0.717, 1.165) is 16.6 Å². The van der Waals surface area contributed by atoms with Gasteiger partial charge in [0.2, 0.25) is 0 Å². The lowest BCUT2D eigenvalue weighted by atomic mass is 10.2. The van der Waals surface area contributed by atoms with Gasteiger partial charge in [-0.05, 0) is 37.5 Å². The van der Waals surface area contributed by atoms with Crippen LogP contribution in [0.15, 0.2) is 30.7 Å². The van der Waals surface area contributed by atoms with Gasteiger partial charge in [0, 0.05) is 24.7 Å². The van der Waals surface area contributed by atoms with E-state index in [-0.39, 0.29) is 0 Å². The summed E-state index contributed by atoms with van der Waals surface area (Å²) in [6.45, 7) is 4.30. The summed E-state index contributed by atoms with van der Waals surface area (Å²) in [5.74, 6) is 1.45. The SMILES string of the molecule is CNc1nc(-c2nc(-c3cc4ccn(C(C)C)c4cn3)ns2)cnc1N. The van der Waals surface area contributed by atoms with Gasteiger partial charge in [-0.3, -0.25) is 4.98 Å². The van der Waals surface area contributed by atoms with Crippen LogP contribution in [-0.4, -0.2) is 35.9 Å². The normalized spacial score (nSPS) is 11.4. The number of hydrogen-bond acceptors (Lipinski definition) is 8. The fourth-order valence-electron chi connectivity index (χ4n) is 2.74. The summed E-state index contributed by atoms with van der Waals surface area (Å²) >= 11 is 1.26. The van der Waals surface area contributed by atoms with Gasteiger partial charge in [-0.15, -0.1) is 0 Å². The molecule has 0 spiro atoms. The molecule has 0 atom stereocenters. The van der Waals surface area contributed by atoms with Crippen molar-refractivity contribution < 1.29 is 0 Å². The van der Waals surface area contributed by atoms with Gasteiger partial charge < -0.3 is 15.6 Å². The van der Waals surface area contributed by atoms with Crippen molar-refractivity contribution in [2.75, 3.05) is 18.1 Å². The van der Waals surface area contributed by atoms with E-state index in [1.807, 2.05) is 12.3 Å². The van der Waals surface area contributed by atoms with Crippen molar-refractivity contribution in [1.82, 2.24) is 28.9 Å². The fourth-order valence-corrected chi connectivity index (χ4v) is 3.37. The standard InChI is InChI=1S/C17H18N8S/c1-9(2)25-5-4-10-6-11(20-8-13(10)25)15-23-17(26-24-15)12-7-21-14(18)16(19-3)22-12/h4-9H,1-3H3,(H2,18,21)(H,19,22). The summed E-state index contributed by atoms with van der Waals surface area (Å²) in [7, 11) is 1.75. The molecule has 26 heavy (non-hydrogen) atoms. The van der Waals surface area contributed by atoms with Gasteiger partial charge in [0.25, 0.3) is 0 Å². The smallest absolute Gasteiger partial charge is 0.192 e. The third-order valence-electron chi connectivity index (χ3n) is 4.07. The molecule has 4 heterocycles. The second kappa shape index (κ2) is 6.34. The molecule has 0 saturated carbocycles. The maximum atomic E-state index is 5.77. The first-order valence-corrected chi connectivity index (χ1v) is 8.95. The zero-order valence-electron chi connectivity index (χ0n) is 14.6. The molecule has 0 aliphatic heterocycles. The molecule has 8 nitrogen and oxygen atoms in total. The van der Waals surface area contributed by atoms with Gasteiger partial charge in [-0.25, -0.2) is 15.0 Å². The molecule has 0 aromatic carbocycles. The molecular formula is C17H18N8S. The summed E-state index contributed by atoms with van der Waals surface area (Å²) in [6, 6.07) is 4.47. The third kappa shape index (κ3) is 2.76. The van der Waals surface area contributed by atoms with Gasteiger partial charge in [-0.1, -0.05) is 0 Å². The lowest BCUT2D eigenvalue weighted by molar-refractivity contribution is 0.622. The van der Waals surface area contributed by atoms with Crippen molar-refractivity contribution in [3.63, 3.8) is 0 Å². The number of nitrogens with one attached hydrogen (secondary N) is 1. The Hall–Kier alpha value is -3.07. The van der Waals surface area contributed by atoms with E-state index in [1.54, 1.807) is 13.2 Å². The summed E-state index contributed by atoms with van der Waals surface area (Å²) in [5.41, 5.74) is 8.23. The molecule has 0 saturated heterocycles. The molecule has 4 rings (SSSR count). The molecule has 0 radical (unpaired) electrons. The first kappa shape index (κ1) is 16.4. The molecule has 0 amide bonds. The highest BCUT2D eigenvalue weighted by atomic mass is 32.1. The van der Waals surface area contributed by atoms with Gasteiger partial charge in [0.15, 0.2) is 22.5 Å². The fraction of sp³-hybridized carbons (Fsp3) is 0.235. The predicted molar refractivity (Wildman–Crippen MR) is 104 cm³/mol. The van der Waals surface area contributed by atoms with Crippen molar-refractivity contribution in [3.05, 3.63) is 30.7 Å². The first-order chi connectivity index (χ1) is 12.6. The Morgan fingerprint density at radius 3 is 2.77 bits per heavy atom. The highest BCUT2D eigenvalue weighted by Gasteiger charge is 2.14. The summed E-state index contributed by atoms with van der Waals surface area (Å²) in [5, 5.41) is 4.71. The van der Waals surface area contributed by atoms with Crippen LogP contribution in [0.1, 0.15) is 19.9 Å². The van der Waals surface area contributed by atoms with E-state index in [0.29, 0.717) is 34.2 Å². The van der Waals surface area contributed by atoms with Crippen LogP contribution in [0.5, 0.6) is 0 Å². The quantitative estimate of drug-likeness (QED) is 0.571. The number of aromatic nitrogens is 6. The van der Waals surface area contributed by atoms with Crippen LogP contribution in [0.2, 0.25) is 0 Å². The average molecular weight is 366 g/mol. The number of fused-ring (bicyclic) bond motifs is 1. The Kier molecular flexibility index (Phi) is 4.00. The van der Waals surface area contributed by atoms with Gasteiger partial charge >= 0.3 is 0 Å². The Morgan fingerprint density at radius 2 is 2.00 bits per heavy atom. The number of rotatable bonds is 4. The zero-order valence-corrected chi connectivity index (χ0v) is 15.4. The molecular weight excluding hydrogens is 348 g/mol. The van der Waals surface area contributed by atoms with Crippen molar-refractivity contribution >= 4 is 34.1 Å². The lowest BCUT2D eigenvalue weighted by Crippen LogP contribution is -2.02. The summed E-state index contributed by atoms with van der Waals surface area (Å²) < 4.78 is 6.62. The van der Waals surface area contributed by atoms with E-state index in [1.165, 1.54) is 11.5 Å². The molecule has 0 unspecified atom stereocenters. The maximum Gasteiger partial charge on any atom is 0.192 e. The molecule has 0 aliphatic rings. The van der Waals surface area contributed by atoms with Crippen LogP contribution in [0.4, 0.5) is 11.6 Å². The number of nitrogen functional groups attached to an aromatic ring is 1. The zero-order chi connectivity index (χ0) is 18.3. The number of pyridine rings is 1. The average Bonchev–Trinajstić information content (AvgIpc) is 3.28. The van der Waals surface area contributed by atoms with E-state index < -0.39 is 0 Å². The Bertz CT molecular complexity index is 1080. The van der Waals surface area contributed by atoms with Crippen molar-refractivity contribution in [2.24, 2.45) is 0 Å². The van der Waals surface area contributed by atoms with E-state index in [4.69, 9.17) is 5.73 Å². The first-order valence-electron chi connectivity index (χ1n) is 8.18. The van der Waals surface area contributed by atoms with Crippen molar-refractivity contribution in [3.8, 4) is 22.2 Å². The van der Waals surface area contributed by atoms with Gasteiger partial charge in [-0.2, -0.15) is 4.37 Å². The molecule has 132 valence electrons. The van der Waals surface area contributed by atoms with Crippen molar-refractivity contribution in [1.29, 1.82) is 0 Å². The number of nitrogens with zero attached hydrogens (tertiary/aromatic N) is 6. The largest absolute Gasteiger partial charge is 0.381 e. The maximum absolute atomic E-state index is 5.77. The minimum Gasteiger partial charge on any atom is -0.381 e. The highest BCUT2D eigenvalue weighted by molar-refractivity contribution is 7.09. The summed E-state index contributed by atoms with van der Waals surface area (Å²) in [4.78, 5) is 17.7. The van der Waals surface area contributed by atoms with Gasteiger partial charge in [0.05, 0.1) is 17.9 Å². The highest BCUT2D eigenvalue weighted by Crippen LogP contribution is 2.27. The molecule has 4 aromatic rings. The third-order valence-corrected chi connectivity index (χ3v) is 4.81. The Labute approximate surface area is 154 Å². The molecule has 3 N–H and O–H groups in total. The topological polar surface area (TPSA) is 107 Å². The van der Waals surface area contributed by atoms with Crippen LogP contribution in [0.25, 0.3) is 33.1 Å². The van der Waals surface area contributed by atoms with Gasteiger partial charge in [0.1, 0.15) is 11.4 Å². The monoisotopic (exact) mass is 366 g/mol. The molecule has 0 bridgehead atoms. The molecule has 0 fully saturated rings. The van der Waals surface area contributed by atoms with Crippen LogP contribution in [-0.2, 0) is 0 Å². The number of nitrogens with two attached hydrogens (primary N) is 1. The van der Waals surface area contributed by atoms with Crippen LogP contribution in [0, 0.1) is 0 Å². The van der Waals surface area contributed by atoms with Crippen LogP contribution < -0.4 is 11.1 Å². The number of anilines is 2. The Balaban J connectivity index is 1.71. The number of hydrogen-bond donors (Lipinski definition) is 2. The Morgan fingerprint density at radius 1 is 1.15 bits per heavy atom.